The topological polar surface area (TPSA) is 70.2 Å². The number of hydrogen-bond acceptors (Lipinski definition) is 5. The summed E-state index contributed by atoms with van der Waals surface area (Å²) in [5.41, 5.74) is 2.18. The van der Waals surface area contributed by atoms with Crippen LogP contribution in [0.1, 0.15) is 21.5 Å². The van der Waals surface area contributed by atoms with Gasteiger partial charge in [0, 0.05) is 50.9 Å². The predicted molar refractivity (Wildman–Crippen MR) is 116 cm³/mol. The van der Waals surface area contributed by atoms with Gasteiger partial charge in [-0.3, -0.25) is 4.79 Å². The first-order chi connectivity index (χ1) is 14.2. The fraction of sp³-hybridized carbons (Fsp3) is 0.409. The van der Waals surface area contributed by atoms with Crippen molar-refractivity contribution >= 4 is 15.9 Å². The van der Waals surface area contributed by atoms with E-state index in [4.69, 9.17) is 4.74 Å². The lowest BCUT2D eigenvalue weighted by Crippen LogP contribution is -2.47. The van der Waals surface area contributed by atoms with Crippen LogP contribution < -0.4 is 4.74 Å². The zero-order chi connectivity index (χ0) is 21.9. The van der Waals surface area contributed by atoms with Gasteiger partial charge in [0.05, 0.1) is 12.0 Å². The van der Waals surface area contributed by atoms with Crippen molar-refractivity contribution in [3.05, 3.63) is 59.2 Å². The molecule has 0 aromatic heterocycles. The monoisotopic (exact) mass is 431 g/mol. The van der Waals surface area contributed by atoms with Gasteiger partial charge in [0.15, 0.2) is 0 Å². The third kappa shape index (κ3) is 4.83. The molecule has 0 aliphatic carbocycles. The molecule has 0 unspecified atom stereocenters. The quantitative estimate of drug-likeness (QED) is 0.701. The highest BCUT2D eigenvalue weighted by atomic mass is 32.2. The Morgan fingerprint density at radius 1 is 1.07 bits per heavy atom. The summed E-state index contributed by atoms with van der Waals surface area (Å²) in [6.07, 6.45) is 0. The van der Waals surface area contributed by atoms with Gasteiger partial charge in [-0.2, -0.15) is 4.31 Å². The van der Waals surface area contributed by atoms with Gasteiger partial charge >= 0.3 is 0 Å². The molecule has 1 aliphatic rings. The van der Waals surface area contributed by atoms with Gasteiger partial charge in [0.2, 0.25) is 10.0 Å². The molecule has 0 N–H and O–H groups in total. The SMILES string of the molecule is COc1ccc(C(=O)N2CCN(C)CC2)cc1CN(C)S(=O)(=O)c1ccc(C)cc1. The number of rotatable bonds is 6. The fourth-order valence-corrected chi connectivity index (χ4v) is 4.59. The largest absolute Gasteiger partial charge is 0.496 e. The highest BCUT2D eigenvalue weighted by molar-refractivity contribution is 7.89. The Morgan fingerprint density at radius 3 is 2.30 bits per heavy atom. The van der Waals surface area contributed by atoms with Crippen LogP contribution in [0.15, 0.2) is 47.4 Å². The van der Waals surface area contributed by atoms with Gasteiger partial charge in [0.1, 0.15) is 5.75 Å². The number of ether oxygens (including phenoxy) is 1. The summed E-state index contributed by atoms with van der Waals surface area (Å²) in [4.78, 5) is 17.2. The van der Waals surface area contributed by atoms with E-state index in [1.807, 2.05) is 18.9 Å². The maximum absolute atomic E-state index is 12.9. The van der Waals surface area contributed by atoms with E-state index in [1.165, 1.54) is 18.5 Å². The second-order valence-corrected chi connectivity index (χ2v) is 9.74. The second-order valence-electron chi connectivity index (χ2n) is 7.70. The molecule has 1 fully saturated rings. The van der Waals surface area contributed by atoms with E-state index in [2.05, 4.69) is 4.90 Å². The Hall–Kier alpha value is -2.42. The van der Waals surface area contributed by atoms with Crippen molar-refractivity contribution in [2.75, 3.05) is 47.4 Å². The smallest absolute Gasteiger partial charge is 0.253 e. The van der Waals surface area contributed by atoms with E-state index in [0.717, 1.165) is 18.7 Å². The van der Waals surface area contributed by atoms with Crippen LogP contribution in [0.4, 0.5) is 0 Å². The Labute approximate surface area is 178 Å². The number of carbonyl (C=O) groups is 1. The van der Waals surface area contributed by atoms with Crippen molar-refractivity contribution in [1.29, 1.82) is 0 Å². The number of amides is 1. The van der Waals surface area contributed by atoms with Crippen molar-refractivity contribution < 1.29 is 17.9 Å². The van der Waals surface area contributed by atoms with Gasteiger partial charge in [-0.05, 0) is 44.3 Å². The Bertz CT molecular complexity index is 998. The molecule has 162 valence electrons. The third-order valence-corrected chi connectivity index (χ3v) is 7.26. The summed E-state index contributed by atoms with van der Waals surface area (Å²) in [7, 11) is 1.45. The molecule has 7 nitrogen and oxygen atoms in total. The Morgan fingerprint density at radius 2 is 1.70 bits per heavy atom. The third-order valence-electron chi connectivity index (χ3n) is 5.44. The molecule has 0 spiro atoms. The molecule has 1 aliphatic heterocycles. The Balaban J connectivity index is 1.83. The zero-order valence-electron chi connectivity index (χ0n) is 18.0. The number of nitrogens with zero attached hydrogens (tertiary/aromatic N) is 3. The number of likely N-dealkylation sites (N-methyl/N-ethyl adjacent to an activating group) is 1. The van der Waals surface area contributed by atoms with Crippen LogP contribution >= 0.6 is 0 Å². The van der Waals surface area contributed by atoms with E-state index < -0.39 is 10.0 Å². The summed E-state index contributed by atoms with van der Waals surface area (Å²) in [6.45, 7) is 5.05. The number of carbonyl (C=O) groups excluding carboxylic acids is 1. The average Bonchev–Trinajstić information content (AvgIpc) is 2.74. The molecule has 3 rings (SSSR count). The van der Waals surface area contributed by atoms with Gasteiger partial charge in [-0.15, -0.1) is 0 Å². The van der Waals surface area contributed by atoms with Crippen LogP contribution in [-0.4, -0.2) is 75.8 Å². The Kier molecular flexibility index (Phi) is 6.80. The van der Waals surface area contributed by atoms with Crippen LogP contribution in [0.25, 0.3) is 0 Å². The van der Waals surface area contributed by atoms with Gasteiger partial charge < -0.3 is 14.5 Å². The number of sulfonamides is 1. The molecule has 2 aromatic carbocycles. The number of piperazine rings is 1. The van der Waals surface area contributed by atoms with Crippen molar-refractivity contribution in [3.63, 3.8) is 0 Å². The van der Waals surface area contributed by atoms with E-state index in [9.17, 15) is 13.2 Å². The fourth-order valence-electron chi connectivity index (χ4n) is 3.44. The minimum Gasteiger partial charge on any atom is -0.496 e. The summed E-state index contributed by atoms with van der Waals surface area (Å²) in [6, 6.07) is 12.0. The van der Waals surface area contributed by atoms with Gasteiger partial charge in [0.25, 0.3) is 5.91 Å². The number of aryl methyl sites for hydroxylation is 1. The molecular weight excluding hydrogens is 402 g/mol. The molecule has 0 saturated carbocycles. The first kappa shape index (κ1) is 22.3. The summed E-state index contributed by atoms with van der Waals surface area (Å²) < 4.78 is 32.6. The van der Waals surface area contributed by atoms with Crippen LogP contribution in [0.2, 0.25) is 0 Å². The second kappa shape index (κ2) is 9.16. The van der Waals surface area contributed by atoms with Gasteiger partial charge in [-0.1, -0.05) is 17.7 Å². The molecule has 8 heteroatoms. The summed E-state index contributed by atoms with van der Waals surface area (Å²) in [5, 5.41) is 0. The van der Waals surface area contributed by atoms with Crippen LogP contribution in [0.3, 0.4) is 0 Å². The normalized spacial score (nSPS) is 15.4. The van der Waals surface area contributed by atoms with Crippen molar-refractivity contribution in [1.82, 2.24) is 14.1 Å². The molecule has 1 amide bonds. The lowest BCUT2D eigenvalue weighted by atomic mass is 10.1. The minimum atomic E-state index is -3.66. The molecule has 2 aromatic rings. The van der Waals surface area contributed by atoms with E-state index >= 15 is 0 Å². The standard InChI is InChI=1S/C22H29N3O4S/c1-17-5-8-20(9-6-17)30(27,28)24(3)16-19-15-18(7-10-21(19)29-4)22(26)25-13-11-23(2)12-14-25/h5-10,15H,11-14,16H2,1-4H3. The maximum atomic E-state index is 12.9. The highest BCUT2D eigenvalue weighted by Gasteiger charge is 2.24. The average molecular weight is 432 g/mol. The van der Waals surface area contributed by atoms with Crippen LogP contribution in [0.5, 0.6) is 5.75 Å². The lowest BCUT2D eigenvalue weighted by molar-refractivity contribution is 0.0664. The van der Waals surface area contributed by atoms with E-state index in [-0.39, 0.29) is 17.3 Å². The number of benzene rings is 2. The van der Waals surface area contributed by atoms with Gasteiger partial charge in [-0.25, -0.2) is 8.42 Å². The molecule has 30 heavy (non-hydrogen) atoms. The van der Waals surface area contributed by atoms with Crippen LogP contribution in [0, 0.1) is 6.92 Å². The number of methoxy groups -OCH3 is 1. The molecule has 0 radical (unpaired) electrons. The van der Waals surface area contributed by atoms with Crippen molar-refractivity contribution in [2.24, 2.45) is 0 Å². The minimum absolute atomic E-state index is 0.0453. The zero-order valence-corrected chi connectivity index (χ0v) is 18.8. The lowest BCUT2D eigenvalue weighted by Gasteiger charge is -2.32. The maximum Gasteiger partial charge on any atom is 0.253 e. The van der Waals surface area contributed by atoms with Crippen molar-refractivity contribution in [3.8, 4) is 5.75 Å². The first-order valence-corrected chi connectivity index (χ1v) is 11.3. The van der Waals surface area contributed by atoms with Crippen LogP contribution in [-0.2, 0) is 16.6 Å². The molecule has 0 atom stereocenters. The highest BCUT2D eigenvalue weighted by Crippen LogP contribution is 2.25. The predicted octanol–water partition coefficient (Wildman–Crippen LogP) is 2.21. The first-order valence-electron chi connectivity index (χ1n) is 9.90. The molecule has 1 heterocycles. The van der Waals surface area contributed by atoms with E-state index in [1.54, 1.807) is 42.5 Å². The molecule has 1 saturated heterocycles. The van der Waals surface area contributed by atoms with E-state index in [0.29, 0.717) is 30.0 Å². The summed E-state index contributed by atoms with van der Waals surface area (Å²) in [5.74, 6) is 0.506. The summed E-state index contributed by atoms with van der Waals surface area (Å²) >= 11 is 0. The molecule has 0 bridgehead atoms. The number of hydrogen-bond donors (Lipinski definition) is 0. The molecular formula is C22H29N3O4S. The van der Waals surface area contributed by atoms with Crippen molar-refractivity contribution in [2.45, 2.75) is 18.4 Å².